The lowest BCUT2D eigenvalue weighted by atomic mass is 9.91. The van der Waals surface area contributed by atoms with Gasteiger partial charge in [-0.3, -0.25) is 9.78 Å². The molecule has 2 aliphatic rings. The molecule has 0 radical (unpaired) electrons. The average Bonchev–Trinajstić information content (AvgIpc) is 2.58. The molecule has 1 aromatic rings. The minimum atomic E-state index is 0.127. The highest BCUT2D eigenvalue weighted by atomic mass is 16.5. The number of ether oxygens (including phenoxy) is 2. The summed E-state index contributed by atoms with van der Waals surface area (Å²) >= 11 is 0. The van der Waals surface area contributed by atoms with Gasteiger partial charge in [-0.05, 0) is 38.5 Å². The van der Waals surface area contributed by atoms with Crippen molar-refractivity contribution in [1.29, 1.82) is 0 Å². The summed E-state index contributed by atoms with van der Waals surface area (Å²) in [7, 11) is 0. The van der Waals surface area contributed by atoms with Crippen LogP contribution in [-0.4, -0.2) is 41.2 Å². The van der Waals surface area contributed by atoms with Gasteiger partial charge >= 0.3 is 0 Å². The van der Waals surface area contributed by atoms with E-state index in [0.29, 0.717) is 19.1 Å². The van der Waals surface area contributed by atoms with E-state index in [1.54, 1.807) is 18.6 Å². The van der Waals surface area contributed by atoms with E-state index in [0.717, 1.165) is 38.5 Å². The summed E-state index contributed by atoms with van der Waals surface area (Å²) in [5.41, 5.74) is 0. The molecule has 1 aliphatic heterocycles. The van der Waals surface area contributed by atoms with Crippen LogP contribution < -0.4 is 10.1 Å². The predicted octanol–water partition coefficient (Wildman–Crippen LogP) is 1.71. The Morgan fingerprint density at radius 2 is 1.91 bits per heavy atom. The fraction of sp³-hybridized carbons (Fsp3) is 0.688. The topological polar surface area (TPSA) is 73.3 Å². The smallest absolute Gasteiger partial charge is 0.232 e. The summed E-state index contributed by atoms with van der Waals surface area (Å²) in [6, 6.07) is 0.275. The number of aromatic nitrogens is 2. The Morgan fingerprint density at radius 3 is 2.59 bits per heavy atom. The van der Waals surface area contributed by atoms with Gasteiger partial charge in [-0.2, -0.15) is 0 Å². The Balaban J connectivity index is 1.40. The lowest BCUT2D eigenvalue weighted by Crippen LogP contribution is -2.43. The second kappa shape index (κ2) is 7.54. The van der Waals surface area contributed by atoms with Gasteiger partial charge in [0, 0.05) is 37.6 Å². The zero-order chi connectivity index (χ0) is 15.2. The van der Waals surface area contributed by atoms with Crippen LogP contribution in [-0.2, 0) is 9.53 Å². The summed E-state index contributed by atoms with van der Waals surface area (Å²) < 4.78 is 11.1. The number of nitrogens with one attached hydrogen (secondary N) is 1. The summed E-state index contributed by atoms with van der Waals surface area (Å²) in [6.07, 6.45) is 10.6. The standard InChI is InChI=1S/C16H23N3O3/c20-16(12-5-9-21-10-6-12)19-13-1-3-14(4-2-13)22-15-11-17-7-8-18-15/h7-8,11-14H,1-6,9-10H2,(H,19,20). The van der Waals surface area contributed by atoms with Crippen molar-refractivity contribution in [3.8, 4) is 5.88 Å². The maximum absolute atomic E-state index is 12.2. The van der Waals surface area contributed by atoms with Crippen LogP contribution in [0.5, 0.6) is 5.88 Å². The molecule has 1 saturated heterocycles. The first-order valence-corrected chi connectivity index (χ1v) is 8.12. The molecule has 0 bridgehead atoms. The molecule has 1 N–H and O–H groups in total. The zero-order valence-electron chi connectivity index (χ0n) is 12.7. The van der Waals surface area contributed by atoms with Crippen molar-refractivity contribution >= 4 is 5.91 Å². The second-order valence-electron chi connectivity index (χ2n) is 6.03. The van der Waals surface area contributed by atoms with Gasteiger partial charge in [0.25, 0.3) is 0 Å². The molecule has 1 aromatic heterocycles. The molecule has 0 atom stereocenters. The maximum Gasteiger partial charge on any atom is 0.232 e. The molecule has 3 rings (SSSR count). The first kappa shape index (κ1) is 15.2. The van der Waals surface area contributed by atoms with Crippen LogP contribution in [0, 0.1) is 5.92 Å². The summed E-state index contributed by atoms with van der Waals surface area (Å²) in [5.74, 6) is 0.904. The van der Waals surface area contributed by atoms with Gasteiger partial charge in [-0.25, -0.2) is 4.98 Å². The minimum Gasteiger partial charge on any atom is -0.473 e. The molecule has 0 unspecified atom stereocenters. The Hall–Kier alpha value is -1.69. The van der Waals surface area contributed by atoms with Gasteiger partial charge in [0.1, 0.15) is 6.10 Å². The van der Waals surface area contributed by atoms with Crippen LogP contribution in [0.1, 0.15) is 38.5 Å². The van der Waals surface area contributed by atoms with Crippen molar-refractivity contribution < 1.29 is 14.3 Å². The molecule has 1 aliphatic carbocycles. The molecule has 2 fully saturated rings. The Labute approximate surface area is 130 Å². The van der Waals surface area contributed by atoms with Crippen LogP contribution in [0.25, 0.3) is 0 Å². The van der Waals surface area contributed by atoms with Crippen molar-refractivity contribution in [1.82, 2.24) is 15.3 Å². The third-order valence-corrected chi connectivity index (χ3v) is 4.44. The fourth-order valence-electron chi connectivity index (χ4n) is 3.12. The molecule has 1 amide bonds. The van der Waals surface area contributed by atoms with Gasteiger partial charge in [0.15, 0.2) is 0 Å². The highest BCUT2D eigenvalue weighted by molar-refractivity contribution is 5.79. The molecular formula is C16H23N3O3. The van der Waals surface area contributed by atoms with E-state index in [1.807, 2.05) is 0 Å². The van der Waals surface area contributed by atoms with Gasteiger partial charge in [-0.15, -0.1) is 0 Å². The lowest BCUT2D eigenvalue weighted by Gasteiger charge is -2.30. The van der Waals surface area contributed by atoms with Gasteiger partial charge in [0.05, 0.1) is 6.20 Å². The normalized spacial score (nSPS) is 26.4. The number of carbonyl (C=O) groups is 1. The number of nitrogens with zero attached hydrogens (tertiary/aromatic N) is 2. The predicted molar refractivity (Wildman–Crippen MR) is 80.4 cm³/mol. The second-order valence-corrected chi connectivity index (χ2v) is 6.03. The van der Waals surface area contributed by atoms with E-state index in [1.165, 1.54) is 0 Å². The van der Waals surface area contributed by atoms with E-state index < -0.39 is 0 Å². The monoisotopic (exact) mass is 305 g/mol. The zero-order valence-corrected chi connectivity index (χ0v) is 12.7. The molecule has 22 heavy (non-hydrogen) atoms. The number of hydrogen-bond donors (Lipinski definition) is 1. The van der Waals surface area contributed by atoms with E-state index >= 15 is 0 Å². The van der Waals surface area contributed by atoms with E-state index in [-0.39, 0.29) is 24.0 Å². The van der Waals surface area contributed by atoms with Crippen molar-refractivity contribution in [3.05, 3.63) is 18.6 Å². The van der Waals surface area contributed by atoms with Crippen molar-refractivity contribution in [2.45, 2.75) is 50.7 Å². The molecule has 6 heteroatoms. The highest BCUT2D eigenvalue weighted by Gasteiger charge is 2.27. The summed E-state index contributed by atoms with van der Waals surface area (Å²) in [6.45, 7) is 1.41. The number of rotatable bonds is 4. The SMILES string of the molecule is O=C(NC1CCC(Oc2cnccn2)CC1)C1CCOCC1. The Bertz CT molecular complexity index is 469. The van der Waals surface area contributed by atoms with Gasteiger partial charge < -0.3 is 14.8 Å². The maximum atomic E-state index is 12.2. The van der Waals surface area contributed by atoms with Crippen LogP contribution in [0.2, 0.25) is 0 Å². The minimum absolute atomic E-state index is 0.127. The highest BCUT2D eigenvalue weighted by Crippen LogP contribution is 2.23. The van der Waals surface area contributed by atoms with Crippen molar-refractivity contribution in [3.63, 3.8) is 0 Å². The molecule has 0 aromatic carbocycles. The van der Waals surface area contributed by atoms with Crippen LogP contribution >= 0.6 is 0 Å². The number of hydrogen-bond acceptors (Lipinski definition) is 5. The number of carbonyl (C=O) groups excluding carboxylic acids is 1. The summed E-state index contributed by atoms with van der Waals surface area (Å²) in [4.78, 5) is 20.4. The lowest BCUT2D eigenvalue weighted by molar-refractivity contribution is -0.128. The molecule has 2 heterocycles. The van der Waals surface area contributed by atoms with Crippen LogP contribution in [0.15, 0.2) is 18.6 Å². The third-order valence-electron chi connectivity index (χ3n) is 4.44. The fourth-order valence-corrected chi connectivity index (χ4v) is 3.12. The molecule has 120 valence electrons. The molecule has 1 saturated carbocycles. The first-order chi connectivity index (χ1) is 10.8. The Kier molecular flexibility index (Phi) is 5.21. The van der Waals surface area contributed by atoms with E-state index in [9.17, 15) is 4.79 Å². The molecule has 6 nitrogen and oxygen atoms in total. The van der Waals surface area contributed by atoms with Crippen molar-refractivity contribution in [2.75, 3.05) is 13.2 Å². The summed E-state index contributed by atoms with van der Waals surface area (Å²) in [5, 5.41) is 3.19. The third kappa shape index (κ3) is 4.16. The average molecular weight is 305 g/mol. The first-order valence-electron chi connectivity index (χ1n) is 8.12. The van der Waals surface area contributed by atoms with E-state index in [2.05, 4.69) is 15.3 Å². The quantitative estimate of drug-likeness (QED) is 0.916. The van der Waals surface area contributed by atoms with Crippen molar-refractivity contribution in [2.24, 2.45) is 5.92 Å². The molecule has 0 spiro atoms. The van der Waals surface area contributed by atoms with Crippen LogP contribution in [0.3, 0.4) is 0 Å². The number of amides is 1. The molecular weight excluding hydrogens is 282 g/mol. The van der Waals surface area contributed by atoms with Gasteiger partial charge in [-0.1, -0.05) is 0 Å². The van der Waals surface area contributed by atoms with Crippen LogP contribution in [0.4, 0.5) is 0 Å². The van der Waals surface area contributed by atoms with E-state index in [4.69, 9.17) is 9.47 Å². The largest absolute Gasteiger partial charge is 0.473 e. The van der Waals surface area contributed by atoms with Gasteiger partial charge in [0.2, 0.25) is 11.8 Å². The Morgan fingerprint density at radius 1 is 1.14 bits per heavy atom.